The Kier molecular flexibility index (Phi) is 11.5. The quantitative estimate of drug-likeness (QED) is 0.397. The lowest BCUT2D eigenvalue weighted by Gasteiger charge is -2.31. The van der Waals surface area contributed by atoms with Gasteiger partial charge in [-0.05, 0) is 49.1 Å². The highest BCUT2D eigenvalue weighted by molar-refractivity contribution is 7.89. The predicted molar refractivity (Wildman–Crippen MR) is 140 cm³/mol. The van der Waals surface area contributed by atoms with Gasteiger partial charge in [-0.2, -0.15) is 0 Å². The average molecular weight is 543 g/mol. The number of nitrogens with zero attached hydrogens (tertiary/aromatic N) is 2. The highest BCUT2D eigenvalue weighted by atomic mass is 35.5. The Labute approximate surface area is 218 Å². The summed E-state index contributed by atoms with van der Waals surface area (Å²) in [6.45, 7) is 4.63. The van der Waals surface area contributed by atoms with E-state index in [-0.39, 0.29) is 36.2 Å². The molecule has 0 aromatic heterocycles. The molecule has 7 nitrogen and oxygen atoms in total. The first-order valence-corrected chi connectivity index (χ1v) is 13.8. The average Bonchev–Trinajstić information content (AvgIpc) is 2.84. The van der Waals surface area contributed by atoms with Gasteiger partial charge in [0.2, 0.25) is 21.8 Å². The van der Waals surface area contributed by atoms with E-state index in [0.29, 0.717) is 35.0 Å². The van der Waals surface area contributed by atoms with Gasteiger partial charge in [-0.3, -0.25) is 9.59 Å². The molecule has 0 radical (unpaired) electrons. The molecule has 0 bridgehead atoms. The molecule has 0 saturated carbocycles. The number of sulfonamides is 1. The summed E-state index contributed by atoms with van der Waals surface area (Å²) in [4.78, 5) is 27.9. The Morgan fingerprint density at radius 2 is 1.74 bits per heavy atom. The summed E-state index contributed by atoms with van der Waals surface area (Å²) < 4.78 is 26.7. The Bertz CT molecular complexity index is 1100. The van der Waals surface area contributed by atoms with Gasteiger partial charge in [-0.15, -0.1) is 0 Å². The number of carbonyl (C=O) groups excluding carboxylic acids is 2. The number of halogens is 2. The van der Waals surface area contributed by atoms with Gasteiger partial charge in [0.05, 0.1) is 4.90 Å². The molecule has 0 fully saturated rings. The summed E-state index contributed by atoms with van der Waals surface area (Å²) in [6, 6.07) is 12.5. The number of hydrogen-bond acceptors (Lipinski definition) is 4. The highest BCUT2D eigenvalue weighted by Crippen LogP contribution is 2.24. The normalized spacial score (nSPS) is 12.4. The zero-order chi connectivity index (χ0) is 26.0. The molecule has 192 valence electrons. The van der Waals surface area contributed by atoms with Gasteiger partial charge in [0, 0.05) is 43.1 Å². The molecule has 0 aliphatic carbocycles. The molecule has 0 heterocycles. The van der Waals surface area contributed by atoms with E-state index in [0.717, 1.165) is 6.42 Å². The molecule has 35 heavy (non-hydrogen) atoms. The molecule has 2 rings (SSSR count). The van der Waals surface area contributed by atoms with Crippen LogP contribution in [0.1, 0.15) is 45.1 Å². The second-order valence-electron chi connectivity index (χ2n) is 8.22. The topological polar surface area (TPSA) is 86.8 Å². The van der Waals surface area contributed by atoms with Crippen LogP contribution in [-0.2, 0) is 26.2 Å². The second-order valence-corrected chi connectivity index (χ2v) is 11.1. The third-order valence-corrected chi connectivity index (χ3v) is 8.06. The van der Waals surface area contributed by atoms with E-state index in [4.69, 9.17) is 23.2 Å². The minimum atomic E-state index is -3.65. The highest BCUT2D eigenvalue weighted by Gasteiger charge is 2.29. The number of nitrogens with one attached hydrogen (secondary N) is 1. The molecule has 2 aromatic rings. The first-order valence-electron chi connectivity index (χ1n) is 11.6. The van der Waals surface area contributed by atoms with Crippen LogP contribution in [0.3, 0.4) is 0 Å². The summed E-state index contributed by atoms with van der Waals surface area (Å²) in [5.74, 6) is -0.475. The van der Waals surface area contributed by atoms with E-state index >= 15 is 0 Å². The molecule has 0 aliphatic rings. The van der Waals surface area contributed by atoms with Crippen molar-refractivity contribution in [2.75, 3.05) is 20.1 Å². The minimum absolute atomic E-state index is 0.0808. The van der Waals surface area contributed by atoms with Crippen LogP contribution in [-0.4, -0.2) is 55.6 Å². The molecule has 0 unspecified atom stereocenters. The summed E-state index contributed by atoms with van der Waals surface area (Å²) in [5.41, 5.74) is 0.676. The number of rotatable bonds is 13. The molecule has 1 N–H and O–H groups in total. The van der Waals surface area contributed by atoms with Crippen molar-refractivity contribution in [3.05, 3.63) is 64.1 Å². The van der Waals surface area contributed by atoms with Crippen LogP contribution < -0.4 is 5.32 Å². The van der Waals surface area contributed by atoms with Crippen LogP contribution in [0.5, 0.6) is 0 Å². The lowest BCUT2D eigenvalue weighted by atomic mass is 10.1. The van der Waals surface area contributed by atoms with Gasteiger partial charge in [0.15, 0.2) is 0 Å². The number of amides is 2. The van der Waals surface area contributed by atoms with Gasteiger partial charge >= 0.3 is 0 Å². The summed E-state index contributed by atoms with van der Waals surface area (Å²) in [7, 11) is -2.15. The molecule has 1 atom stereocenters. The van der Waals surface area contributed by atoms with Crippen LogP contribution >= 0.6 is 23.2 Å². The first-order chi connectivity index (χ1) is 16.6. The van der Waals surface area contributed by atoms with Crippen molar-refractivity contribution in [1.29, 1.82) is 0 Å². The molecule has 0 aliphatic heterocycles. The maximum absolute atomic E-state index is 13.3. The van der Waals surface area contributed by atoms with E-state index in [1.54, 1.807) is 36.4 Å². The van der Waals surface area contributed by atoms with Crippen LogP contribution in [0, 0.1) is 0 Å². The van der Waals surface area contributed by atoms with Gasteiger partial charge in [-0.25, -0.2) is 12.7 Å². The van der Waals surface area contributed by atoms with E-state index in [9.17, 15) is 18.0 Å². The Morgan fingerprint density at radius 1 is 1.06 bits per heavy atom. The van der Waals surface area contributed by atoms with Gasteiger partial charge in [-0.1, -0.05) is 61.3 Å². The molecule has 0 spiro atoms. The Morgan fingerprint density at radius 3 is 2.34 bits per heavy atom. The summed E-state index contributed by atoms with van der Waals surface area (Å²) in [6.07, 6.45) is 1.59. The standard InChI is InChI=1S/C25H33Cl2N3O4S/c1-4-15-28-25(32)23(5-2)30(18-19-13-14-20(26)17-22(19)27)24(31)12-9-16-29(3)35(33,34)21-10-7-6-8-11-21/h6-8,10-11,13-14,17,23H,4-5,9,12,15-16,18H2,1-3H3,(H,28,32)/t23-/m0/s1. The predicted octanol–water partition coefficient (Wildman–Crippen LogP) is 4.73. The fourth-order valence-corrected chi connectivity index (χ4v) is 5.31. The summed E-state index contributed by atoms with van der Waals surface area (Å²) >= 11 is 12.4. The molecular formula is C25H33Cl2N3O4S. The Hall–Kier alpha value is -2.13. The van der Waals surface area contributed by atoms with E-state index in [2.05, 4.69) is 5.32 Å². The fourth-order valence-electron chi connectivity index (χ4n) is 3.61. The maximum Gasteiger partial charge on any atom is 0.242 e. The van der Waals surface area contributed by atoms with Crippen molar-refractivity contribution in [3.63, 3.8) is 0 Å². The monoisotopic (exact) mass is 541 g/mol. The van der Waals surface area contributed by atoms with Crippen molar-refractivity contribution < 1.29 is 18.0 Å². The van der Waals surface area contributed by atoms with Crippen molar-refractivity contribution >= 4 is 45.0 Å². The summed E-state index contributed by atoms with van der Waals surface area (Å²) in [5, 5.41) is 3.75. The minimum Gasteiger partial charge on any atom is -0.354 e. The number of hydrogen-bond donors (Lipinski definition) is 1. The van der Waals surface area contributed by atoms with Gasteiger partial charge in [0.1, 0.15) is 6.04 Å². The smallest absolute Gasteiger partial charge is 0.242 e. The van der Waals surface area contributed by atoms with Crippen molar-refractivity contribution in [1.82, 2.24) is 14.5 Å². The first kappa shape index (κ1) is 29.1. The number of carbonyl (C=O) groups is 2. The lowest BCUT2D eigenvalue weighted by Crippen LogP contribution is -2.49. The lowest BCUT2D eigenvalue weighted by molar-refractivity contribution is -0.141. The van der Waals surface area contributed by atoms with Crippen LogP contribution in [0.15, 0.2) is 53.4 Å². The molecule has 10 heteroatoms. The second kappa shape index (κ2) is 13.8. The van der Waals surface area contributed by atoms with Crippen molar-refractivity contribution in [2.45, 2.75) is 57.0 Å². The Balaban J connectivity index is 2.15. The zero-order valence-electron chi connectivity index (χ0n) is 20.3. The SMILES string of the molecule is CCCNC(=O)[C@H](CC)N(Cc1ccc(Cl)cc1Cl)C(=O)CCCN(C)S(=O)(=O)c1ccccc1. The van der Waals surface area contributed by atoms with E-state index in [1.165, 1.54) is 28.4 Å². The zero-order valence-corrected chi connectivity index (χ0v) is 22.7. The largest absolute Gasteiger partial charge is 0.354 e. The maximum atomic E-state index is 13.3. The third-order valence-electron chi connectivity index (χ3n) is 5.61. The van der Waals surface area contributed by atoms with Crippen LogP contribution in [0.25, 0.3) is 0 Å². The molecular weight excluding hydrogens is 509 g/mol. The fraction of sp³-hybridized carbons (Fsp3) is 0.440. The molecule has 2 amide bonds. The molecule has 2 aromatic carbocycles. The van der Waals surface area contributed by atoms with E-state index < -0.39 is 16.1 Å². The number of benzene rings is 2. The van der Waals surface area contributed by atoms with Crippen LogP contribution in [0.2, 0.25) is 10.0 Å². The van der Waals surface area contributed by atoms with Gasteiger partial charge < -0.3 is 10.2 Å². The van der Waals surface area contributed by atoms with E-state index in [1.807, 2.05) is 13.8 Å². The third kappa shape index (κ3) is 8.20. The van der Waals surface area contributed by atoms with Crippen molar-refractivity contribution in [2.24, 2.45) is 0 Å². The van der Waals surface area contributed by atoms with Crippen LogP contribution in [0.4, 0.5) is 0 Å². The van der Waals surface area contributed by atoms with Crippen molar-refractivity contribution in [3.8, 4) is 0 Å². The van der Waals surface area contributed by atoms with Gasteiger partial charge in [0.25, 0.3) is 0 Å². The molecule has 0 saturated heterocycles.